The Morgan fingerprint density at radius 1 is 1.03 bits per heavy atom. The average molecular weight is 557 g/mol. The number of hydrogen-bond donors (Lipinski definition) is 9. The molecular formula is C21H36N10O6S. The number of carbonyl (C=O) groups is 5. The van der Waals surface area contributed by atoms with Crippen molar-refractivity contribution in [2.75, 3.05) is 18.6 Å². The van der Waals surface area contributed by atoms with Gasteiger partial charge in [-0.3, -0.25) is 24.2 Å². The zero-order chi connectivity index (χ0) is 28.7. The quantitative estimate of drug-likeness (QED) is 0.0485. The van der Waals surface area contributed by atoms with Crippen molar-refractivity contribution >= 4 is 47.3 Å². The molecule has 0 saturated heterocycles. The number of imidazole rings is 1. The van der Waals surface area contributed by atoms with Crippen molar-refractivity contribution in [3.63, 3.8) is 0 Å². The summed E-state index contributed by atoms with van der Waals surface area (Å²) in [7, 11) is 0. The number of aliphatic imine (C=N–C) groups is 1. The highest BCUT2D eigenvalue weighted by molar-refractivity contribution is 7.98. The van der Waals surface area contributed by atoms with E-state index in [0.717, 1.165) is 0 Å². The number of aliphatic carboxylic acids is 1. The fraction of sp³-hybridized carbons (Fsp3) is 0.571. The van der Waals surface area contributed by atoms with Crippen LogP contribution in [0.5, 0.6) is 0 Å². The molecule has 0 aliphatic carbocycles. The van der Waals surface area contributed by atoms with Gasteiger partial charge in [-0.15, -0.1) is 0 Å². The first-order chi connectivity index (χ1) is 17.9. The molecule has 38 heavy (non-hydrogen) atoms. The van der Waals surface area contributed by atoms with Gasteiger partial charge in [0.1, 0.15) is 18.1 Å². The van der Waals surface area contributed by atoms with Crippen molar-refractivity contribution in [3.8, 4) is 0 Å². The lowest BCUT2D eigenvalue weighted by Crippen LogP contribution is -2.58. The van der Waals surface area contributed by atoms with Gasteiger partial charge in [0.2, 0.25) is 23.6 Å². The number of H-pyrrole nitrogens is 1. The number of guanidine groups is 1. The van der Waals surface area contributed by atoms with Gasteiger partial charge in [-0.2, -0.15) is 11.8 Å². The number of carboxylic acids is 1. The van der Waals surface area contributed by atoms with Gasteiger partial charge in [-0.25, -0.2) is 9.78 Å². The molecule has 0 fully saturated rings. The van der Waals surface area contributed by atoms with Crippen LogP contribution in [-0.2, 0) is 30.4 Å². The van der Waals surface area contributed by atoms with Gasteiger partial charge in [-0.1, -0.05) is 0 Å². The van der Waals surface area contributed by atoms with Crippen LogP contribution in [0.2, 0.25) is 0 Å². The van der Waals surface area contributed by atoms with Crippen LogP contribution in [0.1, 0.15) is 31.4 Å². The second-order valence-corrected chi connectivity index (χ2v) is 9.30. The number of aromatic nitrogens is 2. The maximum Gasteiger partial charge on any atom is 0.326 e. The number of carbonyl (C=O) groups excluding carboxylic acids is 4. The van der Waals surface area contributed by atoms with Crippen LogP contribution in [0.4, 0.5) is 0 Å². The maximum absolute atomic E-state index is 13.1. The molecule has 0 aliphatic rings. The molecule has 0 spiro atoms. The van der Waals surface area contributed by atoms with Gasteiger partial charge < -0.3 is 49.0 Å². The number of primary amides is 1. The molecule has 4 unspecified atom stereocenters. The molecule has 1 heterocycles. The molecule has 1 rings (SSSR count). The zero-order valence-electron chi connectivity index (χ0n) is 21.0. The van der Waals surface area contributed by atoms with E-state index < -0.39 is 60.2 Å². The molecule has 4 atom stereocenters. The molecule has 212 valence electrons. The van der Waals surface area contributed by atoms with Gasteiger partial charge in [0.05, 0.1) is 18.8 Å². The number of nitrogens with two attached hydrogens (primary N) is 4. The number of thioether (sulfide) groups is 1. The Bertz CT molecular complexity index is 970. The van der Waals surface area contributed by atoms with Gasteiger partial charge in [-0.05, 0) is 31.3 Å². The number of hydrogen-bond acceptors (Lipinski definition) is 9. The summed E-state index contributed by atoms with van der Waals surface area (Å²) in [6.07, 6.45) is 4.59. The van der Waals surface area contributed by atoms with Crippen LogP contribution in [0.3, 0.4) is 0 Å². The van der Waals surface area contributed by atoms with Crippen LogP contribution in [0.25, 0.3) is 0 Å². The molecule has 0 radical (unpaired) electrons. The standard InChI is InChI=1S/C21H36N10O6S/c1-38-6-4-12(22)17(33)30-15(8-16(23)32)19(35)31-14(7-11-9-26-10-28-11)18(34)29-13(20(36)37)3-2-5-27-21(24)25/h9-10,12-15H,2-8,22H2,1H3,(H2,23,32)(H,26,28)(H,29,34)(H,30,33)(H,31,35)(H,36,37)(H4,24,25,27). The summed E-state index contributed by atoms with van der Waals surface area (Å²) in [5.41, 5.74) is 22.1. The molecule has 1 aromatic heterocycles. The van der Waals surface area contributed by atoms with Crippen molar-refractivity contribution < 1.29 is 29.1 Å². The van der Waals surface area contributed by atoms with Crippen molar-refractivity contribution in [2.24, 2.45) is 27.9 Å². The highest BCUT2D eigenvalue weighted by Crippen LogP contribution is 2.05. The topological polar surface area (TPSA) is 287 Å². The molecular weight excluding hydrogens is 520 g/mol. The van der Waals surface area contributed by atoms with E-state index in [2.05, 4.69) is 30.9 Å². The second kappa shape index (κ2) is 16.8. The summed E-state index contributed by atoms with van der Waals surface area (Å²) < 4.78 is 0. The Kier molecular flexibility index (Phi) is 14.2. The summed E-state index contributed by atoms with van der Waals surface area (Å²) in [6.45, 7) is 0.157. The minimum Gasteiger partial charge on any atom is -0.480 e. The van der Waals surface area contributed by atoms with Crippen LogP contribution in [-0.4, -0.2) is 93.4 Å². The Labute approximate surface area is 223 Å². The monoisotopic (exact) mass is 556 g/mol. The largest absolute Gasteiger partial charge is 0.480 e. The van der Waals surface area contributed by atoms with E-state index in [-0.39, 0.29) is 31.8 Å². The summed E-state index contributed by atoms with van der Waals surface area (Å²) in [5.74, 6) is -4.08. The number of rotatable bonds is 18. The van der Waals surface area contributed by atoms with E-state index in [1.54, 1.807) is 0 Å². The van der Waals surface area contributed by atoms with E-state index in [1.807, 2.05) is 6.26 Å². The first-order valence-electron chi connectivity index (χ1n) is 11.6. The number of amides is 4. The minimum absolute atomic E-state index is 0.0108. The summed E-state index contributed by atoms with van der Waals surface area (Å²) in [4.78, 5) is 72.3. The summed E-state index contributed by atoms with van der Waals surface area (Å²) in [6, 6.07) is -4.93. The Morgan fingerprint density at radius 2 is 1.66 bits per heavy atom. The van der Waals surface area contributed by atoms with Crippen molar-refractivity contribution in [2.45, 2.75) is 56.3 Å². The molecule has 13 N–H and O–H groups in total. The van der Waals surface area contributed by atoms with Crippen molar-refractivity contribution in [1.29, 1.82) is 0 Å². The van der Waals surface area contributed by atoms with Gasteiger partial charge in [0.25, 0.3) is 0 Å². The third-order valence-electron chi connectivity index (χ3n) is 5.18. The van der Waals surface area contributed by atoms with E-state index in [4.69, 9.17) is 22.9 Å². The fourth-order valence-electron chi connectivity index (χ4n) is 3.20. The first-order valence-corrected chi connectivity index (χ1v) is 13.0. The highest BCUT2D eigenvalue weighted by atomic mass is 32.2. The van der Waals surface area contributed by atoms with Gasteiger partial charge >= 0.3 is 5.97 Å². The molecule has 0 bridgehead atoms. The molecule has 1 aromatic rings. The van der Waals surface area contributed by atoms with Crippen molar-refractivity contribution in [3.05, 3.63) is 18.2 Å². The van der Waals surface area contributed by atoms with Gasteiger partial charge in [0.15, 0.2) is 5.96 Å². The SMILES string of the molecule is CSCCC(N)C(=O)NC(CC(N)=O)C(=O)NC(Cc1cnc[nH]1)C(=O)NC(CCCN=C(N)N)C(=O)O. The zero-order valence-corrected chi connectivity index (χ0v) is 21.8. The lowest BCUT2D eigenvalue weighted by atomic mass is 10.1. The molecule has 0 aromatic carbocycles. The Morgan fingerprint density at radius 3 is 2.21 bits per heavy atom. The Balaban J connectivity index is 3.02. The summed E-state index contributed by atoms with van der Waals surface area (Å²) >= 11 is 1.49. The smallest absolute Gasteiger partial charge is 0.326 e. The lowest BCUT2D eigenvalue weighted by Gasteiger charge is -2.24. The lowest BCUT2D eigenvalue weighted by molar-refractivity contribution is -0.142. The minimum atomic E-state index is -1.41. The first kappa shape index (κ1) is 32.2. The number of nitrogens with zero attached hydrogens (tertiary/aromatic N) is 2. The number of aromatic amines is 1. The molecule has 16 nitrogen and oxygen atoms in total. The second-order valence-electron chi connectivity index (χ2n) is 8.31. The van der Waals surface area contributed by atoms with E-state index in [0.29, 0.717) is 17.9 Å². The van der Waals surface area contributed by atoms with Crippen LogP contribution < -0.4 is 38.9 Å². The van der Waals surface area contributed by atoms with Crippen LogP contribution in [0, 0.1) is 0 Å². The molecule has 0 saturated carbocycles. The maximum atomic E-state index is 13.1. The third kappa shape index (κ3) is 12.4. The normalized spacial score (nSPS) is 13.8. The van der Waals surface area contributed by atoms with Crippen molar-refractivity contribution in [1.82, 2.24) is 25.9 Å². The Hall–Kier alpha value is -3.86. The molecule has 17 heteroatoms. The van der Waals surface area contributed by atoms with Crippen LogP contribution in [0.15, 0.2) is 17.5 Å². The predicted octanol–water partition coefficient (Wildman–Crippen LogP) is -3.50. The number of nitrogens with one attached hydrogen (secondary N) is 4. The number of carboxylic acid groups (broad SMARTS) is 1. The highest BCUT2D eigenvalue weighted by Gasteiger charge is 2.31. The van der Waals surface area contributed by atoms with E-state index in [1.165, 1.54) is 24.3 Å². The van der Waals surface area contributed by atoms with Gasteiger partial charge in [0, 0.05) is 24.9 Å². The average Bonchev–Trinajstić information content (AvgIpc) is 3.35. The fourth-order valence-corrected chi connectivity index (χ4v) is 3.69. The van der Waals surface area contributed by atoms with E-state index in [9.17, 15) is 29.1 Å². The summed E-state index contributed by atoms with van der Waals surface area (Å²) in [5, 5.41) is 16.8. The van der Waals surface area contributed by atoms with Crippen LogP contribution >= 0.6 is 11.8 Å². The molecule has 0 aliphatic heterocycles. The molecule has 4 amide bonds. The van der Waals surface area contributed by atoms with E-state index >= 15 is 0 Å². The third-order valence-corrected chi connectivity index (χ3v) is 5.82. The predicted molar refractivity (Wildman–Crippen MR) is 140 cm³/mol.